The standard InChI is InChI=1S/C15H19Cl2F/c1-2-10-6-7-13(16)12(8-10)9-11-4-3-5-14(18)15(11)17/h3-5,10,12-13H,2,6-9H2,1H3. The zero-order valence-electron chi connectivity index (χ0n) is 10.6. The predicted molar refractivity (Wildman–Crippen MR) is 75.9 cm³/mol. The van der Waals surface area contributed by atoms with Crippen molar-refractivity contribution in [1.29, 1.82) is 0 Å². The van der Waals surface area contributed by atoms with Crippen LogP contribution in [0.5, 0.6) is 0 Å². The zero-order valence-corrected chi connectivity index (χ0v) is 12.1. The lowest BCUT2D eigenvalue weighted by atomic mass is 9.77. The Morgan fingerprint density at radius 3 is 2.83 bits per heavy atom. The molecule has 0 aliphatic heterocycles. The summed E-state index contributed by atoms with van der Waals surface area (Å²) in [5.74, 6) is 0.852. The van der Waals surface area contributed by atoms with Crippen LogP contribution in [0, 0.1) is 17.7 Å². The Balaban J connectivity index is 2.09. The van der Waals surface area contributed by atoms with Crippen molar-refractivity contribution in [2.24, 2.45) is 11.8 Å². The molecule has 0 N–H and O–H groups in total. The number of hydrogen-bond acceptors (Lipinski definition) is 0. The summed E-state index contributed by atoms with van der Waals surface area (Å²) in [6.45, 7) is 2.23. The smallest absolute Gasteiger partial charge is 0.142 e. The van der Waals surface area contributed by atoms with Crippen molar-refractivity contribution < 1.29 is 4.39 Å². The molecule has 0 radical (unpaired) electrons. The van der Waals surface area contributed by atoms with Crippen LogP contribution in [0.15, 0.2) is 18.2 Å². The molecular weight excluding hydrogens is 270 g/mol. The van der Waals surface area contributed by atoms with E-state index in [4.69, 9.17) is 23.2 Å². The second-order valence-electron chi connectivity index (χ2n) is 5.28. The summed E-state index contributed by atoms with van der Waals surface area (Å²) in [5, 5.41) is 0.465. The first-order valence-corrected chi connectivity index (χ1v) is 7.50. The highest BCUT2D eigenvalue weighted by atomic mass is 35.5. The molecule has 0 saturated heterocycles. The van der Waals surface area contributed by atoms with Gasteiger partial charge >= 0.3 is 0 Å². The molecule has 0 spiro atoms. The van der Waals surface area contributed by atoms with Gasteiger partial charge in [-0.15, -0.1) is 11.6 Å². The Bertz CT molecular complexity index is 405. The van der Waals surface area contributed by atoms with Crippen LogP contribution in [0.3, 0.4) is 0 Å². The quantitative estimate of drug-likeness (QED) is 0.648. The molecule has 2 rings (SSSR count). The first-order valence-electron chi connectivity index (χ1n) is 6.68. The zero-order chi connectivity index (χ0) is 13.1. The predicted octanol–water partition coefficient (Wildman–Crippen LogP) is 5.46. The third-order valence-corrected chi connectivity index (χ3v) is 5.09. The van der Waals surface area contributed by atoms with Crippen molar-refractivity contribution in [1.82, 2.24) is 0 Å². The maximum atomic E-state index is 13.4. The molecule has 0 bridgehead atoms. The van der Waals surface area contributed by atoms with Gasteiger partial charge in [-0.25, -0.2) is 4.39 Å². The topological polar surface area (TPSA) is 0 Å². The minimum atomic E-state index is -0.330. The Morgan fingerprint density at radius 2 is 2.11 bits per heavy atom. The lowest BCUT2D eigenvalue weighted by Crippen LogP contribution is -2.27. The summed E-state index contributed by atoms with van der Waals surface area (Å²) in [6.07, 6.45) is 5.42. The van der Waals surface area contributed by atoms with E-state index in [0.29, 0.717) is 5.92 Å². The molecule has 3 heteroatoms. The lowest BCUT2D eigenvalue weighted by molar-refractivity contribution is 0.264. The van der Waals surface area contributed by atoms with Crippen LogP contribution in [0.4, 0.5) is 4.39 Å². The molecule has 1 fully saturated rings. The number of benzene rings is 1. The van der Waals surface area contributed by atoms with Gasteiger partial charge < -0.3 is 0 Å². The van der Waals surface area contributed by atoms with E-state index in [9.17, 15) is 4.39 Å². The summed E-state index contributed by atoms with van der Waals surface area (Å²) in [4.78, 5) is 0. The highest BCUT2D eigenvalue weighted by molar-refractivity contribution is 6.31. The van der Waals surface area contributed by atoms with Crippen molar-refractivity contribution in [3.05, 3.63) is 34.6 Å². The number of hydrogen-bond donors (Lipinski definition) is 0. The van der Waals surface area contributed by atoms with Gasteiger partial charge in [-0.1, -0.05) is 37.1 Å². The van der Waals surface area contributed by atoms with E-state index in [1.807, 2.05) is 6.07 Å². The minimum absolute atomic E-state index is 0.201. The Kier molecular flexibility index (Phi) is 4.91. The molecule has 100 valence electrons. The van der Waals surface area contributed by atoms with Gasteiger partial charge in [0, 0.05) is 5.38 Å². The Morgan fingerprint density at radius 1 is 1.33 bits per heavy atom. The van der Waals surface area contributed by atoms with Crippen LogP contribution in [0.2, 0.25) is 5.02 Å². The van der Waals surface area contributed by atoms with Crippen LogP contribution in [-0.4, -0.2) is 5.38 Å². The molecule has 3 unspecified atom stereocenters. The summed E-state index contributed by atoms with van der Waals surface area (Å²) >= 11 is 12.4. The molecular formula is C15H19Cl2F. The van der Waals surface area contributed by atoms with Gasteiger partial charge in [-0.2, -0.15) is 0 Å². The van der Waals surface area contributed by atoms with Gasteiger partial charge in [0.1, 0.15) is 5.82 Å². The fourth-order valence-electron chi connectivity index (χ4n) is 2.89. The molecule has 1 aromatic rings. The number of rotatable bonds is 3. The third-order valence-electron chi connectivity index (χ3n) is 4.09. The molecule has 0 aromatic heterocycles. The Hall–Kier alpha value is -0.270. The monoisotopic (exact) mass is 288 g/mol. The van der Waals surface area contributed by atoms with Gasteiger partial charge in [0.15, 0.2) is 0 Å². The SMILES string of the molecule is CCC1CCC(Cl)C(Cc2cccc(F)c2Cl)C1. The maximum absolute atomic E-state index is 13.4. The first kappa shape index (κ1) is 14.1. The van der Waals surface area contributed by atoms with Crippen LogP contribution in [0.25, 0.3) is 0 Å². The summed E-state index contributed by atoms with van der Waals surface area (Å²) in [6, 6.07) is 5.03. The molecule has 1 saturated carbocycles. The first-order chi connectivity index (χ1) is 8.61. The van der Waals surface area contributed by atoms with Gasteiger partial charge in [0.25, 0.3) is 0 Å². The normalized spacial score (nSPS) is 28.3. The van der Waals surface area contributed by atoms with Crippen molar-refractivity contribution in [2.75, 3.05) is 0 Å². The van der Waals surface area contributed by atoms with E-state index >= 15 is 0 Å². The fraction of sp³-hybridized carbons (Fsp3) is 0.600. The third kappa shape index (κ3) is 3.19. The molecule has 1 aliphatic rings. The van der Waals surface area contributed by atoms with E-state index in [1.54, 1.807) is 6.07 Å². The van der Waals surface area contributed by atoms with E-state index < -0.39 is 0 Å². The molecule has 1 aliphatic carbocycles. The fourth-order valence-corrected chi connectivity index (χ4v) is 3.42. The van der Waals surface area contributed by atoms with Gasteiger partial charge in [-0.05, 0) is 49.1 Å². The lowest BCUT2D eigenvalue weighted by Gasteiger charge is -2.32. The van der Waals surface area contributed by atoms with Crippen molar-refractivity contribution >= 4 is 23.2 Å². The highest BCUT2D eigenvalue weighted by Gasteiger charge is 2.29. The van der Waals surface area contributed by atoms with Crippen LogP contribution in [0.1, 0.15) is 38.2 Å². The largest absolute Gasteiger partial charge is 0.205 e. The average Bonchev–Trinajstić information content (AvgIpc) is 2.37. The Labute approximate surface area is 118 Å². The van der Waals surface area contributed by atoms with Crippen LogP contribution >= 0.6 is 23.2 Å². The van der Waals surface area contributed by atoms with E-state index in [2.05, 4.69) is 6.92 Å². The van der Waals surface area contributed by atoms with Crippen LogP contribution < -0.4 is 0 Å². The molecule has 18 heavy (non-hydrogen) atoms. The summed E-state index contributed by atoms with van der Waals surface area (Å²) < 4.78 is 13.4. The average molecular weight is 289 g/mol. The van der Waals surface area contributed by atoms with Crippen LogP contribution in [-0.2, 0) is 6.42 Å². The van der Waals surface area contributed by atoms with Crippen molar-refractivity contribution in [3.8, 4) is 0 Å². The minimum Gasteiger partial charge on any atom is -0.205 e. The van der Waals surface area contributed by atoms with Crippen molar-refractivity contribution in [3.63, 3.8) is 0 Å². The molecule has 3 atom stereocenters. The van der Waals surface area contributed by atoms with Gasteiger partial charge in [0.05, 0.1) is 5.02 Å². The van der Waals surface area contributed by atoms with Gasteiger partial charge in [0.2, 0.25) is 0 Å². The molecule has 0 nitrogen and oxygen atoms in total. The van der Waals surface area contributed by atoms with E-state index in [-0.39, 0.29) is 16.2 Å². The highest BCUT2D eigenvalue weighted by Crippen LogP contribution is 2.37. The van der Waals surface area contributed by atoms with E-state index in [0.717, 1.165) is 30.7 Å². The number of halogens is 3. The molecule has 0 amide bonds. The maximum Gasteiger partial charge on any atom is 0.142 e. The molecule has 0 heterocycles. The molecule has 1 aromatic carbocycles. The number of alkyl halides is 1. The summed E-state index contributed by atoms with van der Waals surface area (Å²) in [5.41, 5.74) is 0.893. The second-order valence-corrected chi connectivity index (χ2v) is 6.22. The van der Waals surface area contributed by atoms with Crippen molar-refractivity contribution in [2.45, 2.75) is 44.4 Å². The van der Waals surface area contributed by atoms with E-state index in [1.165, 1.54) is 18.9 Å². The second kappa shape index (κ2) is 6.25. The van der Waals surface area contributed by atoms with Gasteiger partial charge in [-0.3, -0.25) is 0 Å². The summed E-state index contributed by atoms with van der Waals surface area (Å²) in [7, 11) is 0.